The molecule has 8 nitrogen and oxygen atoms in total. The van der Waals surface area contributed by atoms with Gasteiger partial charge < -0.3 is 15.4 Å². The van der Waals surface area contributed by atoms with Crippen LogP contribution < -0.4 is 26.6 Å². The van der Waals surface area contributed by atoms with Gasteiger partial charge in [0, 0.05) is 12.1 Å². The van der Waals surface area contributed by atoms with Gasteiger partial charge in [-0.1, -0.05) is 41.9 Å². The maximum absolute atomic E-state index is 13.0. The van der Waals surface area contributed by atoms with Crippen LogP contribution in [0.15, 0.2) is 58.1 Å². The van der Waals surface area contributed by atoms with Crippen molar-refractivity contribution in [1.82, 2.24) is 9.55 Å². The third-order valence-electron chi connectivity index (χ3n) is 4.85. The normalized spacial score (nSPS) is 11.7. The molecule has 0 bridgehead atoms. The van der Waals surface area contributed by atoms with Gasteiger partial charge in [0.05, 0.1) is 6.54 Å². The first kappa shape index (κ1) is 22.2. The van der Waals surface area contributed by atoms with E-state index >= 15 is 0 Å². The molecular weight excluding hydrogens is 420 g/mol. The number of benzene rings is 2. The number of nitrogens with zero attached hydrogens (tertiary/aromatic N) is 2. The van der Waals surface area contributed by atoms with E-state index in [1.54, 1.807) is 25.1 Å². The van der Waals surface area contributed by atoms with Crippen LogP contribution in [0.2, 0.25) is 5.02 Å². The summed E-state index contributed by atoms with van der Waals surface area (Å²) in [5.41, 5.74) is 6.21. The van der Waals surface area contributed by atoms with Gasteiger partial charge in [-0.15, -0.1) is 0 Å². The molecule has 0 fully saturated rings. The molecule has 3 aromatic rings. The van der Waals surface area contributed by atoms with E-state index in [9.17, 15) is 14.4 Å². The number of nitrogen functional groups attached to an aromatic ring is 1. The summed E-state index contributed by atoms with van der Waals surface area (Å²) >= 11 is 5.96. The number of rotatable bonds is 6. The van der Waals surface area contributed by atoms with Gasteiger partial charge in [0.2, 0.25) is 0 Å². The van der Waals surface area contributed by atoms with Gasteiger partial charge in [0.15, 0.2) is 11.8 Å². The van der Waals surface area contributed by atoms with Crippen LogP contribution in [0.25, 0.3) is 0 Å². The van der Waals surface area contributed by atoms with E-state index in [2.05, 4.69) is 4.98 Å². The van der Waals surface area contributed by atoms with Gasteiger partial charge >= 0.3 is 5.69 Å². The number of aryl methyl sites for hydroxylation is 1. The number of likely N-dealkylation sites (N-methyl/N-ethyl adjacent to an activating group) is 1. The van der Waals surface area contributed by atoms with Crippen LogP contribution in [0.4, 0.5) is 11.5 Å². The molecule has 1 aromatic heterocycles. The van der Waals surface area contributed by atoms with E-state index in [1.165, 1.54) is 11.6 Å². The lowest BCUT2D eigenvalue weighted by atomic mass is 10.2. The van der Waals surface area contributed by atoms with Crippen molar-refractivity contribution in [3.63, 3.8) is 0 Å². The van der Waals surface area contributed by atoms with Crippen molar-refractivity contribution in [3.8, 4) is 5.75 Å². The largest absolute Gasteiger partial charge is 0.481 e. The highest BCUT2D eigenvalue weighted by Crippen LogP contribution is 2.24. The molecule has 1 unspecified atom stereocenters. The predicted octanol–water partition coefficient (Wildman–Crippen LogP) is 2.56. The molecule has 3 rings (SSSR count). The number of halogens is 1. The number of nitrogens with one attached hydrogen (secondary N) is 1. The lowest BCUT2D eigenvalue weighted by molar-refractivity contribution is -0.124. The Kier molecular flexibility index (Phi) is 6.50. The zero-order chi connectivity index (χ0) is 22.7. The molecule has 0 saturated heterocycles. The maximum atomic E-state index is 13.0. The number of hydrogen-bond acceptors (Lipinski definition) is 5. The average Bonchev–Trinajstić information content (AvgIpc) is 2.73. The molecule has 0 aliphatic carbocycles. The van der Waals surface area contributed by atoms with Crippen LogP contribution in [-0.4, -0.2) is 28.6 Å². The quantitative estimate of drug-likeness (QED) is 0.609. The van der Waals surface area contributed by atoms with Crippen LogP contribution in [0, 0.1) is 6.92 Å². The van der Waals surface area contributed by atoms with Crippen molar-refractivity contribution in [2.75, 3.05) is 17.7 Å². The van der Waals surface area contributed by atoms with Gasteiger partial charge in [-0.05, 0) is 43.2 Å². The standard InChI is InChI=1S/C22H23ClN4O4/c1-13-11-16(23)9-10-17(13)31-14(2)21(29)26(3)18-19(24)27(22(30)25-20(18)28)12-15-7-5-4-6-8-15/h4-11,14H,12,24H2,1-3H3,(H,25,28,30). The smallest absolute Gasteiger partial charge is 0.330 e. The molecule has 1 heterocycles. The summed E-state index contributed by atoms with van der Waals surface area (Å²) in [6, 6.07) is 14.2. The number of H-pyrrole nitrogens is 1. The second kappa shape index (κ2) is 9.09. The average molecular weight is 443 g/mol. The van der Waals surface area contributed by atoms with Gasteiger partial charge in [0.1, 0.15) is 11.6 Å². The Balaban J connectivity index is 1.90. The van der Waals surface area contributed by atoms with Crippen LogP contribution >= 0.6 is 11.6 Å². The van der Waals surface area contributed by atoms with Crippen molar-refractivity contribution < 1.29 is 9.53 Å². The molecule has 0 aliphatic rings. The summed E-state index contributed by atoms with van der Waals surface area (Å²) in [5.74, 6) is -0.116. The highest BCUT2D eigenvalue weighted by molar-refractivity contribution is 6.30. The molecular formula is C22H23ClN4O4. The zero-order valence-electron chi connectivity index (χ0n) is 17.4. The minimum absolute atomic E-state index is 0.108. The first-order chi connectivity index (χ1) is 14.7. The molecule has 9 heteroatoms. The predicted molar refractivity (Wildman–Crippen MR) is 121 cm³/mol. The highest BCUT2D eigenvalue weighted by atomic mass is 35.5. The summed E-state index contributed by atoms with van der Waals surface area (Å²) < 4.78 is 6.98. The van der Waals surface area contributed by atoms with E-state index in [-0.39, 0.29) is 18.1 Å². The summed E-state index contributed by atoms with van der Waals surface area (Å²) in [6.45, 7) is 3.52. The van der Waals surface area contributed by atoms with Crippen LogP contribution in [0.1, 0.15) is 18.1 Å². The van der Waals surface area contributed by atoms with Crippen LogP contribution in [-0.2, 0) is 11.3 Å². The van der Waals surface area contributed by atoms with E-state index in [0.717, 1.165) is 16.0 Å². The molecule has 3 N–H and O–H groups in total. The minimum Gasteiger partial charge on any atom is -0.481 e. The van der Waals surface area contributed by atoms with Crippen LogP contribution in [0.3, 0.4) is 0 Å². The Bertz CT molecular complexity index is 1220. The summed E-state index contributed by atoms with van der Waals surface area (Å²) in [6.07, 6.45) is -0.918. The number of nitrogens with two attached hydrogens (primary N) is 1. The summed E-state index contributed by atoms with van der Waals surface area (Å²) in [4.78, 5) is 41.1. The van der Waals surface area contributed by atoms with E-state index in [4.69, 9.17) is 22.1 Å². The number of aromatic amines is 1. The number of carbonyl (C=O) groups is 1. The Morgan fingerprint density at radius 3 is 2.55 bits per heavy atom. The number of amides is 1. The third-order valence-corrected chi connectivity index (χ3v) is 5.09. The first-order valence-corrected chi connectivity index (χ1v) is 9.93. The SMILES string of the molecule is Cc1cc(Cl)ccc1OC(C)C(=O)N(C)c1c(N)n(Cc2ccccc2)c(=O)[nH]c1=O. The molecule has 1 atom stereocenters. The molecule has 162 valence electrons. The first-order valence-electron chi connectivity index (χ1n) is 9.56. The molecule has 31 heavy (non-hydrogen) atoms. The molecule has 1 amide bonds. The minimum atomic E-state index is -0.918. The Hall–Kier alpha value is -3.52. The summed E-state index contributed by atoms with van der Waals surface area (Å²) in [7, 11) is 1.41. The van der Waals surface area contributed by atoms with E-state index in [0.29, 0.717) is 10.8 Å². The van der Waals surface area contributed by atoms with Crippen molar-refractivity contribution in [1.29, 1.82) is 0 Å². The van der Waals surface area contributed by atoms with E-state index in [1.807, 2.05) is 37.3 Å². The molecule has 0 radical (unpaired) electrons. The Morgan fingerprint density at radius 2 is 1.90 bits per heavy atom. The fraction of sp³-hybridized carbons (Fsp3) is 0.227. The second-order valence-electron chi connectivity index (χ2n) is 7.13. The lowest BCUT2D eigenvalue weighted by Crippen LogP contribution is -2.43. The number of hydrogen-bond donors (Lipinski definition) is 2. The van der Waals surface area contributed by atoms with Crippen molar-refractivity contribution in [2.45, 2.75) is 26.5 Å². The number of anilines is 2. The second-order valence-corrected chi connectivity index (χ2v) is 7.57. The Labute approximate surface area is 183 Å². The van der Waals surface area contributed by atoms with Gasteiger partial charge in [0.25, 0.3) is 11.5 Å². The zero-order valence-corrected chi connectivity index (χ0v) is 18.1. The Morgan fingerprint density at radius 1 is 1.23 bits per heavy atom. The van der Waals surface area contributed by atoms with Crippen molar-refractivity contribution in [2.24, 2.45) is 0 Å². The van der Waals surface area contributed by atoms with Gasteiger partial charge in [-0.3, -0.25) is 19.1 Å². The number of aromatic nitrogens is 2. The van der Waals surface area contributed by atoms with Gasteiger partial charge in [-0.25, -0.2) is 4.79 Å². The monoisotopic (exact) mass is 442 g/mol. The molecule has 0 aliphatic heterocycles. The third kappa shape index (κ3) is 4.80. The lowest BCUT2D eigenvalue weighted by Gasteiger charge is -2.24. The fourth-order valence-electron chi connectivity index (χ4n) is 3.19. The fourth-order valence-corrected chi connectivity index (χ4v) is 3.42. The molecule has 0 spiro atoms. The van der Waals surface area contributed by atoms with Crippen molar-refractivity contribution >= 4 is 29.0 Å². The highest BCUT2D eigenvalue weighted by Gasteiger charge is 2.26. The number of carbonyl (C=O) groups excluding carboxylic acids is 1. The van der Waals surface area contributed by atoms with Crippen LogP contribution in [0.5, 0.6) is 5.75 Å². The molecule has 0 saturated carbocycles. The summed E-state index contributed by atoms with van der Waals surface area (Å²) in [5, 5.41) is 0.556. The topological polar surface area (TPSA) is 110 Å². The van der Waals surface area contributed by atoms with Crippen molar-refractivity contribution in [3.05, 3.63) is 85.5 Å². The maximum Gasteiger partial charge on any atom is 0.330 e. The molecule has 2 aromatic carbocycles. The number of ether oxygens (including phenoxy) is 1. The van der Waals surface area contributed by atoms with E-state index < -0.39 is 23.3 Å². The van der Waals surface area contributed by atoms with Gasteiger partial charge in [-0.2, -0.15) is 0 Å².